The highest BCUT2D eigenvalue weighted by Crippen LogP contribution is 2.39. The average Bonchev–Trinajstić information content (AvgIpc) is 3.61. The van der Waals surface area contributed by atoms with Crippen LogP contribution in [0.15, 0.2) is 24.7 Å². The Labute approximate surface area is 211 Å². The molecule has 1 atom stereocenters. The van der Waals surface area contributed by atoms with Gasteiger partial charge in [-0.1, -0.05) is 13.8 Å². The summed E-state index contributed by atoms with van der Waals surface area (Å²) in [7, 11) is 0. The number of hydrogen-bond donors (Lipinski definition) is 2. The van der Waals surface area contributed by atoms with Crippen molar-refractivity contribution in [2.75, 3.05) is 11.5 Å². The molecule has 6 rings (SSSR count). The van der Waals surface area contributed by atoms with Crippen molar-refractivity contribution in [3.8, 4) is 11.3 Å². The van der Waals surface area contributed by atoms with Gasteiger partial charge in [-0.05, 0) is 80.9 Å². The van der Waals surface area contributed by atoms with Gasteiger partial charge in [0.15, 0.2) is 5.65 Å². The molecule has 7 heteroatoms. The summed E-state index contributed by atoms with van der Waals surface area (Å²) in [6.07, 6.45) is 10.1. The van der Waals surface area contributed by atoms with Crippen LogP contribution in [0.3, 0.4) is 0 Å². The molecule has 1 saturated heterocycles. The molecular weight excluding hydrogens is 452 g/mol. The lowest BCUT2D eigenvalue weighted by atomic mass is 9.83. The molecule has 4 aromatic rings. The summed E-state index contributed by atoms with van der Waals surface area (Å²) in [6, 6.07) is 5.93. The number of aromatic amines is 1. The summed E-state index contributed by atoms with van der Waals surface area (Å²) in [5.74, 6) is 3.52. The van der Waals surface area contributed by atoms with Crippen LogP contribution < -0.4 is 5.32 Å². The lowest BCUT2D eigenvalue weighted by Crippen LogP contribution is -2.40. The lowest BCUT2D eigenvalue weighted by Gasteiger charge is -2.31. The molecule has 0 spiro atoms. The third-order valence-corrected chi connectivity index (χ3v) is 9.38. The zero-order valence-electron chi connectivity index (χ0n) is 21.3. The van der Waals surface area contributed by atoms with Gasteiger partial charge in [-0.15, -0.1) is 0 Å². The quantitative estimate of drug-likeness (QED) is 0.353. The predicted octanol–water partition coefficient (Wildman–Crippen LogP) is 6.13. The second kappa shape index (κ2) is 9.25. The highest BCUT2D eigenvalue weighted by Gasteiger charge is 2.27. The van der Waals surface area contributed by atoms with E-state index in [4.69, 9.17) is 4.98 Å². The fourth-order valence-corrected chi connectivity index (χ4v) is 7.28. The van der Waals surface area contributed by atoms with Crippen molar-refractivity contribution in [1.29, 1.82) is 0 Å². The van der Waals surface area contributed by atoms with Crippen LogP contribution in [0.1, 0.15) is 80.2 Å². The van der Waals surface area contributed by atoms with Gasteiger partial charge in [0.05, 0.1) is 16.7 Å². The van der Waals surface area contributed by atoms with Crippen LogP contribution in [-0.2, 0) is 0 Å². The Morgan fingerprint density at radius 1 is 1.06 bits per heavy atom. The minimum absolute atomic E-state index is 0.358. The van der Waals surface area contributed by atoms with Crippen molar-refractivity contribution in [3.63, 3.8) is 0 Å². The first kappa shape index (κ1) is 23.0. The molecule has 2 fully saturated rings. The highest BCUT2D eigenvalue weighted by molar-refractivity contribution is 7.99. The van der Waals surface area contributed by atoms with Gasteiger partial charge in [-0.3, -0.25) is 4.98 Å². The number of H-pyrrole nitrogens is 1. The van der Waals surface area contributed by atoms with Crippen LogP contribution in [0.5, 0.6) is 0 Å². The molecule has 6 nitrogen and oxygen atoms in total. The Morgan fingerprint density at radius 3 is 2.63 bits per heavy atom. The molecule has 1 aliphatic heterocycles. The Morgan fingerprint density at radius 2 is 1.89 bits per heavy atom. The van der Waals surface area contributed by atoms with Crippen LogP contribution in [0, 0.1) is 13.8 Å². The number of aryl methyl sites for hydroxylation is 1. The van der Waals surface area contributed by atoms with E-state index in [0.29, 0.717) is 17.9 Å². The Balaban J connectivity index is 1.32. The number of nitrogens with zero attached hydrogens (tertiary/aromatic N) is 4. The molecule has 2 aliphatic rings. The van der Waals surface area contributed by atoms with Crippen LogP contribution in [0.4, 0.5) is 0 Å². The number of thioether (sulfide) groups is 1. The number of pyridine rings is 2. The van der Waals surface area contributed by atoms with Crippen LogP contribution >= 0.6 is 11.8 Å². The molecule has 1 aliphatic carbocycles. The molecule has 2 N–H and O–H groups in total. The fraction of sp³-hybridized carbons (Fsp3) is 0.536. The molecule has 184 valence electrons. The van der Waals surface area contributed by atoms with Crippen molar-refractivity contribution in [3.05, 3.63) is 47.0 Å². The monoisotopic (exact) mass is 488 g/mol. The summed E-state index contributed by atoms with van der Waals surface area (Å²) < 4.78 is 1.89. The molecular formula is C28H36N6S. The third kappa shape index (κ3) is 4.16. The van der Waals surface area contributed by atoms with E-state index in [1.165, 1.54) is 77.3 Å². The topological polar surface area (TPSA) is 70.9 Å². The van der Waals surface area contributed by atoms with Gasteiger partial charge in [0, 0.05) is 46.8 Å². The minimum atomic E-state index is 0.358. The van der Waals surface area contributed by atoms with E-state index in [-0.39, 0.29) is 0 Å². The number of hydrogen-bond acceptors (Lipinski definition) is 5. The van der Waals surface area contributed by atoms with E-state index in [2.05, 4.69) is 78.2 Å². The van der Waals surface area contributed by atoms with E-state index in [1.807, 2.05) is 4.52 Å². The Kier molecular flexibility index (Phi) is 6.09. The smallest absolute Gasteiger partial charge is 0.158 e. The molecule has 35 heavy (non-hydrogen) atoms. The summed E-state index contributed by atoms with van der Waals surface area (Å²) in [5, 5.41) is 8.35. The van der Waals surface area contributed by atoms with E-state index >= 15 is 0 Å². The first-order chi connectivity index (χ1) is 17.0. The molecule has 5 heterocycles. The van der Waals surface area contributed by atoms with Crippen molar-refractivity contribution >= 4 is 28.4 Å². The number of aromatic nitrogens is 5. The fourth-order valence-electron chi connectivity index (χ4n) is 6.11. The Hall–Kier alpha value is -2.38. The molecule has 0 bridgehead atoms. The number of rotatable bonds is 5. The summed E-state index contributed by atoms with van der Waals surface area (Å²) in [4.78, 5) is 13.5. The van der Waals surface area contributed by atoms with Gasteiger partial charge in [0.2, 0.25) is 0 Å². The van der Waals surface area contributed by atoms with Gasteiger partial charge in [-0.2, -0.15) is 16.9 Å². The van der Waals surface area contributed by atoms with E-state index < -0.39 is 0 Å². The van der Waals surface area contributed by atoms with E-state index in [0.717, 1.165) is 22.7 Å². The van der Waals surface area contributed by atoms with Crippen molar-refractivity contribution in [1.82, 2.24) is 29.9 Å². The maximum atomic E-state index is 5.31. The number of nitrogens with one attached hydrogen (secondary N) is 2. The SMILES string of the molecule is Cc1c(-c2[nH]c3ccc(C4CCC(NC5CCSC5)CC4)nc3c2C(C)C)cn2ncnc2c1C. The lowest BCUT2D eigenvalue weighted by molar-refractivity contribution is 0.319. The standard InChI is InChI=1S/C28H36N6S/c1-16(2)25-26(22-13-34-28(29-15-30-34)18(4)17(22)3)33-24-10-9-23(32-27(24)25)19-5-7-20(8-6-19)31-21-11-12-35-14-21/h9-10,13,15-16,19-21,31,33H,5-8,11-12,14H2,1-4H3. The maximum absolute atomic E-state index is 5.31. The average molecular weight is 489 g/mol. The van der Waals surface area contributed by atoms with Crippen LogP contribution in [-0.4, -0.2) is 48.2 Å². The zero-order valence-corrected chi connectivity index (χ0v) is 22.1. The molecule has 0 aromatic carbocycles. The van der Waals surface area contributed by atoms with Gasteiger partial charge in [0.1, 0.15) is 6.33 Å². The maximum Gasteiger partial charge on any atom is 0.158 e. The third-order valence-electron chi connectivity index (χ3n) is 8.22. The predicted molar refractivity (Wildman–Crippen MR) is 146 cm³/mol. The summed E-state index contributed by atoms with van der Waals surface area (Å²) in [5.41, 5.74) is 10.5. The van der Waals surface area contributed by atoms with E-state index in [9.17, 15) is 0 Å². The van der Waals surface area contributed by atoms with Gasteiger partial charge < -0.3 is 10.3 Å². The van der Waals surface area contributed by atoms with Gasteiger partial charge in [-0.25, -0.2) is 9.50 Å². The summed E-state index contributed by atoms with van der Waals surface area (Å²) >= 11 is 2.09. The Bertz CT molecular complexity index is 1360. The molecule has 0 amide bonds. The molecule has 4 aromatic heterocycles. The number of fused-ring (bicyclic) bond motifs is 2. The normalized spacial score (nSPS) is 23.2. The van der Waals surface area contributed by atoms with Gasteiger partial charge >= 0.3 is 0 Å². The zero-order chi connectivity index (χ0) is 24.1. The first-order valence-corrected chi connectivity index (χ1v) is 14.3. The molecule has 1 saturated carbocycles. The summed E-state index contributed by atoms with van der Waals surface area (Å²) in [6.45, 7) is 8.86. The first-order valence-electron chi connectivity index (χ1n) is 13.2. The van der Waals surface area contributed by atoms with Crippen molar-refractivity contribution in [2.45, 2.75) is 83.7 Å². The molecule has 0 radical (unpaired) electrons. The largest absolute Gasteiger partial charge is 0.353 e. The minimum Gasteiger partial charge on any atom is -0.353 e. The van der Waals surface area contributed by atoms with Crippen LogP contribution in [0.2, 0.25) is 0 Å². The molecule has 1 unspecified atom stereocenters. The van der Waals surface area contributed by atoms with Crippen molar-refractivity contribution in [2.24, 2.45) is 0 Å². The second-order valence-corrected chi connectivity index (χ2v) is 11.9. The highest BCUT2D eigenvalue weighted by atomic mass is 32.2. The van der Waals surface area contributed by atoms with E-state index in [1.54, 1.807) is 6.33 Å². The van der Waals surface area contributed by atoms with Crippen molar-refractivity contribution < 1.29 is 0 Å². The van der Waals surface area contributed by atoms with Crippen LogP contribution in [0.25, 0.3) is 27.9 Å². The van der Waals surface area contributed by atoms with Gasteiger partial charge in [0.25, 0.3) is 0 Å². The second-order valence-electron chi connectivity index (χ2n) is 10.8.